The number of likely N-dealkylation sites (tertiary alicyclic amines) is 2. The fraction of sp³-hybridized carbons (Fsp3) is 0.567. The lowest BCUT2D eigenvalue weighted by Crippen LogP contribution is -2.46. The quantitative estimate of drug-likeness (QED) is 0.514. The maximum absolute atomic E-state index is 13.5. The minimum atomic E-state index is -3.18. The molecule has 3 aliphatic heterocycles. The van der Waals surface area contributed by atoms with E-state index in [1.807, 2.05) is 35.2 Å². The van der Waals surface area contributed by atoms with E-state index >= 15 is 0 Å². The van der Waals surface area contributed by atoms with Crippen molar-refractivity contribution in [3.8, 4) is 5.75 Å². The number of rotatable bonds is 8. The van der Waals surface area contributed by atoms with Crippen LogP contribution in [-0.2, 0) is 21.4 Å². The molecule has 2 aromatic rings. The van der Waals surface area contributed by atoms with Gasteiger partial charge in [0.25, 0.3) is 0 Å². The van der Waals surface area contributed by atoms with E-state index in [1.165, 1.54) is 5.56 Å². The minimum absolute atomic E-state index is 0.165. The molecule has 2 aromatic carbocycles. The Hall–Kier alpha value is -2.42. The van der Waals surface area contributed by atoms with Crippen molar-refractivity contribution in [2.75, 3.05) is 46.4 Å². The van der Waals surface area contributed by atoms with Crippen molar-refractivity contribution in [2.24, 2.45) is 11.3 Å². The summed E-state index contributed by atoms with van der Waals surface area (Å²) in [5, 5.41) is -0.165. The number of carbonyl (C=O) groups is 1. The van der Waals surface area contributed by atoms with Crippen LogP contribution in [0.3, 0.4) is 0 Å². The molecule has 0 aromatic heterocycles. The largest absolute Gasteiger partial charge is 0.497 e. The van der Waals surface area contributed by atoms with E-state index in [-0.39, 0.29) is 22.5 Å². The Morgan fingerprint density at radius 2 is 1.61 bits per heavy atom. The second kappa shape index (κ2) is 10.3. The van der Waals surface area contributed by atoms with Crippen LogP contribution in [0.4, 0.5) is 0 Å². The second-order valence-corrected chi connectivity index (χ2v) is 14.0. The number of benzene rings is 2. The lowest BCUT2D eigenvalue weighted by molar-refractivity contribution is -0.139. The topological polar surface area (TPSA) is 70.2 Å². The van der Waals surface area contributed by atoms with Crippen LogP contribution in [0.5, 0.6) is 5.75 Å². The zero-order chi connectivity index (χ0) is 26.3. The molecule has 3 heterocycles. The molecule has 1 aliphatic carbocycles. The molecule has 2 atom stereocenters. The predicted molar refractivity (Wildman–Crippen MR) is 147 cm³/mol. The number of methoxy groups -OCH3 is 1. The number of hydrogen-bond donors (Lipinski definition) is 0. The fourth-order valence-corrected chi connectivity index (χ4v) is 8.75. The third-order valence-corrected chi connectivity index (χ3v) is 11.7. The van der Waals surface area contributed by atoms with Gasteiger partial charge < -0.3 is 14.5 Å². The van der Waals surface area contributed by atoms with Crippen molar-refractivity contribution in [3.63, 3.8) is 0 Å². The molecule has 6 rings (SSSR count). The number of ether oxygens (including phenoxy) is 1. The maximum Gasteiger partial charge on any atom is 0.229 e. The molecule has 1 unspecified atom stereocenters. The standard InChI is InChI=1S/C30H39N3O4S/c1-37-26-9-7-23(8-10-26)19-32-18-15-30(29(32)34)13-16-31(17-14-30)20-25-21-33(38(35,36)27-11-12-27)22-28(25)24-5-3-2-4-6-24/h2-10,25,27-28H,11-22H2,1H3/t25-,28?/m0/s1. The van der Waals surface area contributed by atoms with Gasteiger partial charge in [0.05, 0.1) is 17.8 Å². The molecule has 0 N–H and O–H groups in total. The molecule has 0 bridgehead atoms. The average Bonchev–Trinajstić information content (AvgIpc) is 3.67. The van der Waals surface area contributed by atoms with Gasteiger partial charge in [0.1, 0.15) is 5.75 Å². The molecule has 204 valence electrons. The van der Waals surface area contributed by atoms with E-state index in [2.05, 4.69) is 29.2 Å². The first kappa shape index (κ1) is 25.8. The first-order valence-electron chi connectivity index (χ1n) is 14.1. The Labute approximate surface area is 226 Å². The summed E-state index contributed by atoms with van der Waals surface area (Å²) in [6.45, 7) is 5.35. The summed E-state index contributed by atoms with van der Waals surface area (Å²) in [4.78, 5) is 18.0. The summed E-state index contributed by atoms with van der Waals surface area (Å²) in [7, 11) is -1.52. The third kappa shape index (κ3) is 4.98. The highest BCUT2D eigenvalue weighted by Gasteiger charge is 2.49. The van der Waals surface area contributed by atoms with E-state index in [0.29, 0.717) is 25.5 Å². The molecule has 0 radical (unpaired) electrons. The second-order valence-electron chi connectivity index (χ2n) is 11.7. The van der Waals surface area contributed by atoms with Crippen molar-refractivity contribution < 1.29 is 17.9 Å². The highest BCUT2D eigenvalue weighted by Crippen LogP contribution is 2.44. The van der Waals surface area contributed by atoms with E-state index < -0.39 is 10.0 Å². The van der Waals surface area contributed by atoms with Crippen molar-refractivity contribution in [1.82, 2.24) is 14.1 Å². The minimum Gasteiger partial charge on any atom is -0.497 e. The number of nitrogens with zero attached hydrogens (tertiary/aromatic N) is 3. The SMILES string of the molecule is COc1ccc(CN2CCC3(CCN(C[C@H]4CN(S(=O)(=O)C5CC5)CC4c4ccccc4)CC3)C2=O)cc1. The average molecular weight is 538 g/mol. The molecule has 4 aliphatic rings. The van der Waals surface area contributed by atoms with Gasteiger partial charge in [-0.15, -0.1) is 0 Å². The van der Waals surface area contributed by atoms with Gasteiger partial charge in [-0.25, -0.2) is 12.7 Å². The molecule has 7 nitrogen and oxygen atoms in total. The molecule has 3 saturated heterocycles. The smallest absolute Gasteiger partial charge is 0.229 e. The van der Waals surface area contributed by atoms with Gasteiger partial charge in [-0.3, -0.25) is 4.79 Å². The fourth-order valence-electron chi connectivity index (χ4n) is 6.83. The van der Waals surface area contributed by atoms with Crippen LogP contribution in [0.25, 0.3) is 0 Å². The molecule has 4 fully saturated rings. The number of sulfonamides is 1. The number of amides is 1. The summed E-state index contributed by atoms with van der Waals surface area (Å²) in [6, 6.07) is 18.4. The van der Waals surface area contributed by atoms with Crippen LogP contribution >= 0.6 is 0 Å². The molecule has 38 heavy (non-hydrogen) atoms. The van der Waals surface area contributed by atoms with Crippen molar-refractivity contribution in [2.45, 2.75) is 49.8 Å². The van der Waals surface area contributed by atoms with Crippen LogP contribution in [0.15, 0.2) is 54.6 Å². The van der Waals surface area contributed by atoms with E-state index in [9.17, 15) is 13.2 Å². The van der Waals surface area contributed by atoms with E-state index in [0.717, 1.165) is 69.6 Å². The summed E-state index contributed by atoms with van der Waals surface area (Å²) in [5.41, 5.74) is 2.13. The number of piperidine rings is 1. The summed E-state index contributed by atoms with van der Waals surface area (Å²) >= 11 is 0. The van der Waals surface area contributed by atoms with Crippen LogP contribution in [-0.4, -0.2) is 80.1 Å². The van der Waals surface area contributed by atoms with Crippen LogP contribution in [0.1, 0.15) is 49.1 Å². The van der Waals surface area contributed by atoms with E-state index in [4.69, 9.17) is 4.74 Å². The monoisotopic (exact) mass is 537 g/mol. The van der Waals surface area contributed by atoms with Gasteiger partial charge in [-0.1, -0.05) is 42.5 Å². The van der Waals surface area contributed by atoms with Gasteiger partial charge in [-0.2, -0.15) is 0 Å². The molecular formula is C30H39N3O4S. The molecule has 1 spiro atoms. The van der Waals surface area contributed by atoms with Gasteiger partial charge in [0, 0.05) is 38.6 Å². The Bertz CT molecular complexity index is 1240. The maximum atomic E-state index is 13.5. The Morgan fingerprint density at radius 3 is 2.26 bits per heavy atom. The van der Waals surface area contributed by atoms with E-state index in [1.54, 1.807) is 11.4 Å². The van der Waals surface area contributed by atoms with Crippen LogP contribution < -0.4 is 4.74 Å². The van der Waals surface area contributed by atoms with Crippen LogP contribution in [0.2, 0.25) is 0 Å². The molecular weight excluding hydrogens is 498 g/mol. The normalized spacial score (nSPS) is 26.3. The first-order chi connectivity index (χ1) is 18.4. The number of hydrogen-bond acceptors (Lipinski definition) is 5. The molecule has 8 heteroatoms. The van der Waals surface area contributed by atoms with Gasteiger partial charge in [0.2, 0.25) is 15.9 Å². The first-order valence-corrected chi connectivity index (χ1v) is 15.6. The highest BCUT2D eigenvalue weighted by molar-refractivity contribution is 7.90. The lowest BCUT2D eigenvalue weighted by Gasteiger charge is -2.39. The summed E-state index contributed by atoms with van der Waals surface area (Å²) in [6.07, 6.45) is 4.31. The Kier molecular flexibility index (Phi) is 6.99. The van der Waals surface area contributed by atoms with Crippen molar-refractivity contribution in [1.29, 1.82) is 0 Å². The van der Waals surface area contributed by atoms with Crippen molar-refractivity contribution >= 4 is 15.9 Å². The molecule has 1 saturated carbocycles. The molecule has 1 amide bonds. The summed E-state index contributed by atoms with van der Waals surface area (Å²) in [5.74, 6) is 1.62. The number of carbonyl (C=O) groups excluding carboxylic acids is 1. The van der Waals surface area contributed by atoms with Gasteiger partial charge in [-0.05, 0) is 74.4 Å². The Balaban J connectivity index is 1.09. The zero-order valence-corrected chi connectivity index (χ0v) is 23.1. The predicted octanol–water partition coefficient (Wildman–Crippen LogP) is 3.72. The Morgan fingerprint density at radius 1 is 0.921 bits per heavy atom. The highest BCUT2D eigenvalue weighted by atomic mass is 32.2. The van der Waals surface area contributed by atoms with Gasteiger partial charge in [0.15, 0.2) is 0 Å². The van der Waals surface area contributed by atoms with Gasteiger partial charge >= 0.3 is 0 Å². The van der Waals surface area contributed by atoms with Crippen LogP contribution in [0, 0.1) is 11.3 Å². The summed E-state index contributed by atoms with van der Waals surface area (Å²) < 4.78 is 33.2. The third-order valence-electron chi connectivity index (χ3n) is 9.38. The lowest BCUT2D eigenvalue weighted by atomic mass is 9.76. The van der Waals surface area contributed by atoms with Crippen molar-refractivity contribution in [3.05, 3.63) is 65.7 Å². The zero-order valence-electron chi connectivity index (χ0n) is 22.3.